The number of rotatable bonds is 5. The molecule has 7 rings (SSSR count). The Bertz CT molecular complexity index is 1800. The molecule has 4 nitrogen and oxygen atoms in total. The molecule has 0 saturated heterocycles. The highest BCUT2D eigenvalue weighted by atomic mass is 16.3. The summed E-state index contributed by atoms with van der Waals surface area (Å²) in [6.07, 6.45) is 0. The van der Waals surface area contributed by atoms with E-state index in [-0.39, 0.29) is 0 Å². The van der Waals surface area contributed by atoms with Crippen LogP contribution in [0.3, 0.4) is 0 Å². The Hall–Kier alpha value is -5.22. The Kier molecular flexibility index (Phi) is 5.41. The van der Waals surface area contributed by atoms with Gasteiger partial charge in [-0.3, -0.25) is 0 Å². The van der Waals surface area contributed by atoms with Crippen molar-refractivity contribution in [3.63, 3.8) is 0 Å². The molecular weight excluding hydrogens is 466 g/mol. The highest BCUT2D eigenvalue weighted by molar-refractivity contribution is 6.05. The summed E-state index contributed by atoms with van der Waals surface area (Å²) in [5, 5.41) is 11.3. The molecule has 38 heavy (non-hydrogen) atoms. The van der Waals surface area contributed by atoms with Crippen molar-refractivity contribution in [1.82, 2.24) is 15.0 Å². The number of furan rings is 1. The van der Waals surface area contributed by atoms with Crippen molar-refractivity contribution in [2.24, 2.45) is 0 Å². The van der Waals surface area contributed by atoms with Crippen LogP contribution in [-0.2, 0) is 0 Å². The fourth-order valence-electron chi connectivity index (χ4n) is 5.04. The molecule has 180 valence electrons. The van der Waals surface area contributed by atoms with Gasteiger partial charge in [-0.05, 0) is 23.3 Å². The Morgan fingerprint density at radius 1 is 0.474 bits per heavy atom. The van der Waals surface area contributed by atoms with E-state index >= 15 is 0 Å². The van der Waals surface area contributed by atoms with Crippen molar-refractivity contribution >= 4 is 10.8 Å². The quantitative estimate of drug-likeness (QED) is 0.243. The maximum absolute atomic E-state index is 6.88. The van der Waals surface area contributed by atoms with E-state index < -0.39 is 0 Å². The van der Waals surface area contributed by atoms with E-state index in [2.05, 4.69) is 89.2 Å². The largest absolute Gasteiger partial charge is 0.453 e. The standard InChI is InChI=1S/C34H23N3O/c1-4-14-24(15-5-1)27-20-10-11-21-28(27)33-29-22-12-13-23-30(29)34(38-33)32-31(25-16-6-2-7-17-25)35-36-37(32)26-18-8-3-9-19-26/h1-23H. The van der Waals surface area contributed by atoms with Crippen LogP contribution in [0.5, 0.6) is 0 Å². The topological polar surface area (TPSA) is 43.9 Å². The third-order valence-corrected chi connectivity index (χ3v) is 6.81. The van der Waals surface area contributed by atoms with Crippen LogP contribution < -0.4 is 0 Å². The number of para-hydroxylation sites is 1. The van der Waals surface area contributed by atoms with Crippen molar-refractivity contribution in [2.75, 3.05) is 0 Å². The number of benzene rings is 5. The lowest BCUT2D eigenvalue weighted by Crippen LogP contribution is -1.99. The van der Waals surface area contributed by atoms with Crippen molar-refractivity contribution in [2.45, 2.75) is 0 Å². The zero-order chi connectivity index (χ0) is 25.3. The first-order valence-corrected chi connectivity index (χ1v) is 12.6. The molecule has 0 amide bonds. The number of hydrogen-bond donors (Lipinski definition) is 0. The van der Waals surface area contributed by atoms with Crippen LogP contribution >= 0.6 is 0 Å². The third kappa shape index (κ3) is 3.71. The average molecular weight is 490 g/mol. The maximum atomic E-state index is 6.88. The molecule has 0 spiro atoms. The minimum atomic E-state index is 0.742. The van der Waals surface area contributed by atoms with Crippen molar-refractivity contribution in [3.8, 4) is 50.8 Å². The number of fused-ring (bicyclic) bond motifs is 1. The molecule has 0 aliphatic rings. The lowest BCUT2D eigenvalue weighted by atomic mass is 9.96. The first kappa shape index (κ1) is 22.0. The van der Waals surface area contributed by atoms with Crippen LogP contribution in [0.4, 0.5) is 0 Å². The fourth-order valence-corrected chi connectivity index (χ4v) is 5.04. The summed E-state index contributed by atoms with van der Waals surface area (Å²) >= 11 is 0. The van der Waals surface area contributed by atoms with Crippen LogP contribution in [0, 0.1) is 0 Å². The second-order valence-corrected chi connectivity index (χ2v) is 9.12. The zero-order valence-electron chi connectivity index (χ0n) is 20.5. The minimum absolute atomic E-state index is 0.742. The van der Waals surface area contributed by atoms with E-state index in [1.807, 2.05) is 65.3 Å². The van der Waals surface area contributed by atoms with Crippen molar-refractivity contribution < 1.29 is 4.42 Å². The first-order chi connectivity index (χ1) is 18.9. The average Bonchev–Trinajstić information content (AvgIpc) is 3.61. The lowest BCUT2D eigenvalue weighted by Gasteiger charge is -2.09. The summed E-state index contributed by atoms with van der Waals surface area (Å²) in [5.41, 5.74) is 6.81. The van der Waals surface area contributed by atoms with Gasteiger partial charge in [-0.1, -0.05) is 133 Å². The van der Waals surface area contributed by atoms with Gasteiger partial charge in [-0.15, -0.1) is 5.10 Å². The molecule has 5 aromatic carbocycles. The predicted molar refractivity (Wildman–Crippen MR) is 153 cm³/mol. The lowest BCUT2D eigenvalue weighted by molar-refractivity contribution is 0.596. The van der Waals surface area contributed by atoms with E-state index in [1.54, 1.807) is 0 Å². The second kappa shape index (κ2) is 9.34. The van der Waals surface area contributed by atoms with Gasteiger partial charge in [0.05, 0.1) is 5.69 Å². The number of aromatic nitrogens is 3. The van der Waals surface area contributed by atoms with Crippen LogP contribution in [0.25, 0.3) is 61.6 Å². The van der Waals surface area contributed by atoms with Crippen LogP contribution in [-0.4, -0.2) is 15.0 Å². The summed E-state index contributed by atoms with van der Waals surface area (Å²) in [6.45, 7) is 0. The van der Waals surface area contributed by atoms with Crippen molar-refractivity contribution in [1.29, 1.82) is 0 Å². The molecule has 2 heterocycles. The highest BCUT2D eigenvalue weighted by Gasteiger charge is 2.26. The van der Waals surface area contributed by atoms with Crippen LogP contribution in [0.1, 0.15) is 0 Å². The zero-order valence-corrected chi connectivity index (χ0v) is 20.5. The summed E-state index contributed by atoms with van der Waals surface area (Å²) in [6, 6.07) is 47.4. The SMILES string of the molecule is c1ccc(-c2ccccc2-c2oc(-c3c(-c4ccccc4)nnn3-c3ccccc3)c3ccccc23)cc1. The van der Waals surface area contributed by atoms with E-state index in [0.29, 0.717) is 0 Å². The minimum Gasteiger partial charge on any atom is -0.453 e. The summed E-state index contributed by atoms with van der Waals surface area (Å²) < 4.78 is 8.76. The Balaban J connectivity index is 1.53. The van der Waals surface area contributed by atoms with Gasteiger partial charge in [-0.2, -0.15) is 0 Å². The Morgan fingerprint density at radius 2 is 1.00 bits per heavy atom. The number of hydrogen-bond acceptors (Lipinski definition) is 3. The molecule has 0 fully saturated rings. The van der Waals surface area contributed by atoms with Gasteiger partial charge in [0.15, 0.2) is 5.76 Å². The second-order valence-electron chi connectivity index (χ2n) is 9.12. The van der Waals surface area contributed by atoms with E-state index in [9.17, 15) is 0 Å². The summed E-state index contributed by atoms with van der Waals surface area (Å²) in [7, 11) is 0. The van der Waals surface area contributed by atoms with Gasteiger partial charge in [0.25, 0.3) is 0 Å². The van der Waals surface area contributed by atoms with Crippen LogP contribution in [0.15, 0.2) is 144 Å². The number of nitrogens with zero attached hydrogens (tertiary/aromatic N) is 3. The molecule has 0 atom stereocenters. The highest BCUT2D eigenvalue weighted by Crippen LogP contribution is 2.44. The normalized spacial score (nSPS) is 11.2. The fraction of sp³-hybridized carbons (Fsp3) is 0. The molecule has 7 aromatic rings. The summed E-state index contributed by atoms with van der Waals surface area (Å²) in [4.78, 5) is 0. The van der Waals surface area contributed by atoms with Gasteiger partial charge < -0.3 is 4.42 Å². The van der Waals surface area contributed by atoms with Crippen molar-refractivity contribution in [3.05, 3.63) is 140 Å². The van der Waals surface area contributed by atoms with E-state index in [1.165, 1.54) is 0 Å². The van der Waals surface area contributed by atoms with Gasteiger partial charge in [-0.25, -0.2) is 4.68 Å². The summed E-state index contributed by atoms with van der Waals surface area (Å²) in [5.74, 6) is 1.57. The molecule has 0 bridgehead atoms. The monoisotopic (exact) mass is 489 g/mol. The molecule has 0 unspecified atom stereocenters. The molecule has 0 aliphatic carbocycles. The third-order valence-electron chi connectivity index (χ3n) is 6.81. The molecule has 2 aromatic heterocycles. The molecule has 0 aliphatic heterocycles. The Labute approximate surface area is 220 Å². The van der Waals surface area contributed by atoms with E-state index in [0.717, 1.165) is 61.6 Å². The van der Waals surface area contributed by atoms with E-state index in [4.69, 9.17) is 4.42 Å². The maximum Gasteiger partial charge on any atom is 0.163 e. The van der Waals surface area contributed by atoms with Gasteiger partial charge in [0, 0.05) is 21.9 Å². The molecule has 0 N–H and O–H groups in total. The van der Waals surface area contributed by atoms with Gasteiger partial charge in [0.2, 0.25) is 0 Å². The smallest absolute Gasteiger partial charge is 0.163 e. The molecule has 4 heteroatoms. The first-order valence-electron chi connectivity index (χ1n) is 12.6. The van der Waals surface area contributed by atoms with Crippen LogP contribution in [0.2, 0.25) is 0 Å². The molecule has 0 saturated carbocycles. The van der Waals surface area contributed by atoms with Gasteiger partial charge in [0.1, 0.15) is 17.1 Å². The molecule has 0 radical (unpaired) electrons. The predicted octanol–water partition coefficient (Wildman–Crippen LogP) is 8.68. The Morgan fingerprint density at radius 3 is 1.68 bits per heavy atom. The molecular formula is C34H23N3O. The van der Waals surface area contributed by atoms with Gasteiger partial charge >= 0.3 is 0 Å².